The summed E-state index contributed by atoms with van der Waals surface area (Å²) in [5.41, 5.74) is 0.505. The van der Waals surface area contributed by atoms with Gasteiger partial charge in [-0.2, -0.15) is 0 Å². The van der Waals surface area contributed by atoms with E-state index in [0.717, 1.165) is 0 Å². The van der Waals surface area contributed by atoms with Gasteiger partial charge < -0.3 is 23.9 Å². The van der Waals surface area contributed by atoms with E-state index in [1.54, 1.807) is 31.4 Å². The zero-order valence-electron chi connectivity index (χ0n) is 18.9. The molecule has 8 heteroatoms. The molecule has 0 unspecified atom stereocenters. The molecule has 1 aromatic heterocycles. The summed E-state index contributed by atoms with van der Waals surface area (Å²) in [4.78, 5) is 36.6. The van der Waals surface area contributed by atoms with Crippen molar-refractivity contribution in [3.05, 3.63) is 70.1 Å². The molecule has 1 heterocycles. The fourth-order valence-corrected chi connectivity index (χ4v) is 3.08. The molecule has 0 spiro atoms. The van der Waals surface area contributed by atoms with Gasteiger partial charge in [0, 0.05) is 31.7 Å². The third-order valence-electron chi connectivity index (χ3n) is 4.90. The first-order valence-corrected chi connectivity index (χ1v) is 10.7. The van der Waals surface area contributed by atoms with Gasteiger partial charge in [-0.15, -0.1) is 0 Å². The highest BCUT2D eigenvalue weighted by atomic mass is 16.6. The van der Waals surface area contributed by atoms with Crippen LogP contribution in [0.15, 0.2) is 57.7 Å². The summed E-state index contributed by atoms with van der Waals surface area (Å²) in [6.07, 6.45) is 0.628. The lowest BCUT2D eigenvalue weighted by Gasteiger charge is -2.09. The predicted molar refractivity (Wildman–Crippen MR) is 123 cm³/mol. The van der Waals surface area contributed by atoms with Crippen LogP contribution in [0.3, 0.4) is 0 Å². The maximum Gasteiger partial charge on any atom is 0.349 e. The Balaban J connectivity index is 1.61. The third kappa shape index (κ3) is 6.66. The van der Waals surface area contributed by atoms with Crippen molar-refractivity contribution in [2.24, 2.45) is 0 Å². The first-order valence-electron chi connectivity index (χ1n) is 10.7. The highest BCUT2D eigenvalue weighted by Crippen LogP contribution is 2.21. The molecule has 3 aromatic rings. The average molecular weight is 453 g/mol. The summed E-state index contributed by atoms with van der Waals surface area (Å²) >= 11 is 0. The van der Waals surface area contributed by atoms with Gasteiger partial charge in [0.15, 0.2) is 6.61 Å². The Labute approximate surface area is 191 Å². The van der Waals surface area contributed by atoms with E-state index >= 15 is 0 Å². The van der Waals surface area contributed by atoms with Crippen molar-refractivity contribution < 1.29 is 28.2 Å². The van der Waals surface area contributed by atoms with E-state index in [0.29, 0.717) is 36.6 Å². The molecule has 1 N–H and O–H groups in total. The summed E-state index contributed by atoms with van der Waals surface area (Å²) in [5, 5.41) is 3.18. The number of carbonyl (C=O) groups excluding carboxylic acids is 2. The van der Waals surface area contributed by atoms with Crippen LogP contribution in [-0.2, 0) is 9.53 Å². The number of benzene rings is 2. The van der Waals surface area contributed by atoms with Crippen molar-refractivity contribution >= 4 is 22.8 Å². The summed E-state index contributed by atoms with van der Waals surface area (Å²) in [6, 6.07) is 13.5. The third-order valence-corrected chi connectivity index (χ3v) is 4.90. The predicted octanol–water partition coefficient (Wildman–Crippen LogP) is 3.67. The van der Waals surface area contributed by atoms with Crippen LogP contribution in [0.25, 0.3) is 11.0 Å². The van der Waals surface area contributed by atoms with Gasteiger partial charge in [0.25, 0.3) is 5.91 Å². The molecule has 33 heavy (non-hydrogen) atoms. The molecule has 0 radical (unpaired) electrons. The van der Waals surface area contributed by atoms with Crippen molar-refractivity contribution in [3.63, 3.8) is 0 Å². The minimum absolute atomic E-state index is 0.0958. The lowest BCUT2D eigenvalue weighted by atomic mass is 10.0. The van der Waals surface area contributed by atoms with Gasteiger partial charge in [-0.05, 0) is 48.2 Å². The summed E-state index contributed by atoms with van der Waals surface area (Å²) < 4.78 is 20.9. The first kappa shape index (κ1) is 24.0. The number of hydrogen-bond acceptors (Lipinski definition) is 7. The van der Waals surface area contributed by atoms with Crippen LogP contribution in [0.5, 0.6) is 11.5 Å². The van der Waals surface area contributed by atoms with Crippen LogP contribution in [0, 0.1) is 0 Å². The number of amides is 1. The minimum Gasteiger partial charge on any atom is -0.482 e. The van der Waals surface area contributed by atoms with Gasteiger partial charge in [0.05, 0.1) is 0 Å². The molecule has 0 fully saturated rings. The lowest BCUT2D eigenvalue weighted by molar-refractivity contribution is -0.136. The molecule has 0 atom stereocenters. The Kier molecular flexibility index (Phi) is 8.21. The largest absolute Gasteiger partial charge is 0.482 e. The smallest absolute Gasteiger partial charge is 0.349 e. The molecule has 174 valence electrons. The number of fused-ring (bicyclic) bond motifs is 1. The Morgan fingerprint density at radius 3 is 2.45 bits per heavy atom. The fourth-order valence-electron chi connectivity index (χ4n) is 3.08. The molecular weight excluding hydrogens is 426 g/mol. The summed E-state index contributed by atoms with van der Waals surface area (Å²) in [6.45, 7) is 4.80. The van der Waals surface area contributed by atoms with Crippen molar-refractivity contribution in [1.82, 2.24) is 5.32 Å². The monoisotopic (exact) mass is 453 g/mol. The van der Waals surface area contributed by atoms with E-state index in [-0.39, 0.29) is 23.5 Å². The summed E-state index contributed by atoms with van der Waals surface area (Å²) in [7, 11) is 1.57. The molecule has 1 amide bonds. The fraction of sp³-hybridized carbons (Fsp3) is 0.320. The number of methoxy groups -OCH3 is 1. The number of ether oxygens (including phenoxy) is 3. The van der Waals surface area contributed by atoms with E-state index in [1.807, 2.05) is 12.1 Å². The lowest BCUT2D eigenvalue weighted by Crippen LogP contribution is -2.29. The van der Waals surface area contributed by atoms with E-state index in [1.165, 1.54) is 17.7 Å². The van der Waals surface area contributed by atoms with Gasteiger partial charge in [0.1, 0.15) is 22.6 Å². The molecule has 0 aliphatic carbocycles. The highest BCUT2D eigenvalue weighted by Gasteiger charge is 2.14. The second-order valence-corrected chi connectivity index (χ2v) is 7.74. The van der Waals surface area contributed by atoms with Crippen molar-refractivity contribution in [2.75, 3.05) is 26.9 Å². The topological polar surface area (TPSA) is 104 Å². The Bertz CT molecular complexity index is 1170. The van der Waals surface area contributed by atoms with Crippen LogP contribution < -0.4 is 20.4 Å². The zero-order chi connectivity index (χ0) is 23.8. The number of rotatable bonds is 10. The van der Waals surface area contributed by atoms with Crippen LogP contribution >= 0.6 is 0 Å². The van der Waals surface area contributed by atoms with Crippen molar-refractivity contribution in [2.45, 2.75) is 26.2 Å². The van der Waals surface area contributed by atoms with Crippen LogP contribution in [0.2, 0.25) is 0 Å². The maximum atomic E-state index is 12.2. The molecule has 0 saturated heterocycles. The number of esters is 1. The summed E-state index contributed by atoms with van der Waals surface area (Å²) in [5.74, 6) is 0.0518. The SMILES string of the molecule is COCCCNC(=O)c1cc2ccc(OC(=O)COc3ccc(C(C)C)cc3)cc2oc1=O. The maximum absolute atomic E-state index is 12.2. The van der Waals surface area contributed by atoms with Gasteiger partial charge in [-0.1, -0.05) is 26.0 Å². The highest BCUT2D eigenvalue weighted by molar-refractivity contribution is 5.96. The molecule has 2 aromatic carbocycles. The van der Waals surface area contributed by atoms with Crippen LogP contribution in [-0.4, -0.2) is 38.7 Å². The normalized spacial score (nSPS) is 10.9. The Morgan fingerprint density at radius 1 is 1.03 bits per heavy atom. The number of hydrogen-bond donors (Lipinski definition) is 1. The van der Waals surface area contributed by atoms with Crippen molar-refractivity contribution in [3.8, 4) is 11.5 Å². The van der Waals surface area contributed by atoms with E-state index in [2.05, 4.69) is 19.2 Å². The molecule has 0 bridgehead atoms. The molecule has 0 saturated carbocycles. The average Bonchev–Trinajstić information content (AvgIpc) is 2.80. The molecular formula is C25H27NO7. The number of carbonyl (C=O) groups is 2. The molecule has 0 aliphatic rings. The van der Waals surface area contributed by atoms with Gasteiger partial charge in [-0.25, -0.2) is 9.59 Å². The Morgan fingerprint density at radius 2 is 1.76 bits per heavy atom. The number of nitrogens with one attached hydrogen (secondary N) is 1. The van der Waals surface area contributed by atoms with E-state index in [9.17, 15) is 14.4 Å². The zero-order valence-corrected chi connectivity index (χ0v) is 18.9. The first-order chi connectivity index (χ1) is 15.9. The molecule has 3 rings (SSSR count). The van der Waals surface area contributed by atoms with Gasteiger partial charge in [-0.3, -0.25) is 4.79 Å². The second-order valence-electron chi connectivity index (χ2n) is 7.74. The molecule has 0 aliphatic heterocycles. The van der Waals surface area contributed by atoms with Gasteiger partial charge in [0.2, 0.25) is 0 Å². The van der Waals surface area contributed by atoms with E-state index < -0.39 is 17.5 Å². The quantitative estimate of drug-likeness (QED) is 0.216. The van der Waals surface area contributed by atoms with Crippen LogP contribution in [0.1, 0.15) is 42.1 Å². The molecule has 8 nitrogen and oxygen atoms in total. The standard InChI is InChI=1S/C25H27NO7/c1-16(2)17-5-8-19(9-6-17)31-15-23(27)32-20-10-7-18-13-21(25(29)33-22(18)14-20)24(28)26-11-4-12-30-3/h5-10,13-14,16H,4,11-12,15H2,1-3H3,(H,26,28). The van der Waals surface area contributed by atoms with Crippen molar-refractivity contribution in [1.29, 1.82) is 0 Å². The van der Waals surface area contributed by atoms with Crippen LogP contribution in [0.4, 0.5) is 0 Å². The Hall–Kier alpha value is -3.65. The second kappa shape index (κ2) is 11.3. The van der Waals surface area contributed by atoms with Gasteiger partial charge >= 0.3 is 11.6 Å². The van der Waals surface area contributed by atoms with E-state index in [4.69, 9.17) is 18.6 Å². The minimum atomic E-state index is -0.775.